The minimum atomic E-state index is -1.20. The lowest BCUT2D eigenvalue weighted by atomic mass is 9.42. The van der Waals surface area contributed by atoms with Crippen molar-refractivity contribution in [1.82, 2.24) is 0 Å². The highest BCUT2D eigenvalue weighted by atomic mass is 16.5. The Morgan fingerprint density at radius 3 is 2.46 bits per heavy atom. The highest BCUT2D eigenvalue weighted by molar-refractivity contribution is 5.90. The smallest absolute Gasteiger partial charge is 0.330 e. The van der Waals surface area contributed by atoms with E-state index in [2.05, 4.69) is 6.92 Å². The fourth-order valence-corrected chi connectivity index (χ4v) is 6.73. The van der Waals surface area contributed by atoms with Crippen molar-refractivity contribution in [2.45, 2.75) is 59.0 Å². The number of ether oxygens (including phenoxy) is 2. The molecule has 28 heavy (non-hydrogen) atoms. The van der Waals surface area contributed by atoms with Gasteiger partial charge in [-0.15, -0.1) is 0 Å². The number of aliphatic hydroxyl groups excluding tert-OH is 1. The lowest BCUT2D eigenvalue weighted by Crippen LogP contribution is -2.65. The first kappa shape index (κ1) is 21.0. The fourth-order valence-electron chi connectivity index (χ4n) is 6.73. The minimum Gasteiger partial charge on any atom is -0.469 e. The van der Waals surface area contributed by atoms with Gasteiger partial charge in [-0.1, -0.05) is 25.8 Å². The largest absolute Gasteiger partial charge is 0.469 e. The Bertz CT molecular complexity index is 712. The van der Waals surface area contributed by atoms with Gasteiger partial charge in [0.2, 0.25) is 0 Å². The van der Waals surface area contributed by atoms with Crippen molar-refractivity contribution in [3.8, 4) is 0 Å². The number of esters is 2. The monoisotopic (exact) mass is 392 g/mol. The number of hydrogen-bond donors (Lipinski definition) is 1. The molecule has 1 N–H and O–H groups in total. The molecule has 3 aliphatic rings. The van der Waals surface area contributed by atoms with Crippen LogP contribution in [-0.4, -0.2) is 43.2 Å². The summed E-state index contributed by atoms with van der Waals surface area (Å²) in [7, 11) is 2.71. The summed E-state index contributed by atoms with van der Waals surface area (Å²) in [4.78, 5) is 37.7. The van der Waals surface area contributed by atoms with Crippen molar-refractivity contribution in [2.24, 2.45) is 34.5 Å². The third-order valence-corrected chi connectivity index (χ3v) is 8.05. The van der Waals surface area contributed by atoms with Crippen LogP contribution in [0.5, 0.6) is 0 Å². The molecule has 3 saturated carbocycles. The molecule has 0 aromatic carbocycles. The van der Waals surface area contributed by atoms with Gasteiger partial charge in [0.15, 0.2) is 5.78 Å². The summed E-state index contributed by atoms with van der Waals surface area (Å²) in [5.74, 6) is -1.82. The SMILES string of the molecule is COC(=O)/C=C1\CC[C@H]2[C@@H](C(=O)[C@H](O)[C@@H]3[C@]2(C)CCC[C@]3(C)C(=O)OC)[C@H]1C. The lowest BCUT2D eigenvalue weighted by Gasteiger charge is -2.61. The van der Waals surface area contributed by atoms with Gasteiger partial charge in [-0.3, -0.25) is 9.59 Å². The maximum absolute atomic E-state index is 13.3. The van der Waals surface area contributed by atoms with Crippen LogP contribution in [0.1, 0.15) is 52.9 Å². The second-order valence-corrected chi connectivity index (χ2v) is 9.30. The third kappa shape index (κ3) is 2.92. The Labute approximate surface area is 166 Å². The van der Waals surface area contributed by atoms with Crippen molar-refractivity contribution in [2.75, 3.05) is 14.2 Å². The number of fused-ring (bicyclic) bond motifs is 3. The molecule has 0 aromatic heterocycles. The van der Waals surface area contributed by atoms with Crippen molar-refractivity contribution >= 4 is 17.7 Å². The van der Waals surface area contributed by atoms with Gasteiger partial charge in [0, 0.05) is 17.9 Å². The second-order valence-electron chi connectivity index (χ2n) is 9.30. The van der Waals surface area contributed by atoms with Crippen LogP contribution in [0.15, 0.2) is 11.6 Å². The van der Waals surface area contributed by atoms with E-state index in [4.69, 9.17) is 9.47 Å². The van der Waals surface area contributed by atoms with Gasteiger partial charge in [-0.05, 0) is 49.9 Å². The number of carbonyl (C=O) groups excluding carboxylic acids is 3. The predicted octanol–water partition coefficient (Wildman–Crippen LogP) is 2.68. The highest BCUT2D eigenvalue weighted by Gasteiger charge is 2.66. The Balaban J connectivity index is 2.03. The summed E-state index contributed by atoms with van der Waals surface area (Å²) < 4.78 is 9.83. The van der Waals surface area contributed by atoms with Crippen molar-refractivity contribution < 1.29 is 29.0 Å². The van der Waals surface area contributed by atoms with E-state index in [1.165, 1.54) is 20.3 Å². The van der Waals surface area contributed by atoms with E-state index in [1.807, 2.05) is 13.8 Å². The number of ketones is 1. The molecule has 3 rings (SSSR count). The molecule has 7 atom stereocenters. The molecule has 0 amide bonds. The number of methoxy groups -OCH3 is 2. The van der Waals surface area contributed by atoms with Crippen molar-refractivity contribution in [3.05, 3.63) is 11.6 Å². The molecule has 0 aromatic rings. The summed E-state index contributed by atoms with van der Waals surface area (Å²) in [6, 6.07) is 0. The fraction of sp³-hybridized carbons (Fsp3) is 0.773. The summed E-state index contributed by atoms with van der Waals surface area (Å²) >= 11 is 0. The molecule has 156 valence electrons. The molecule has 0 heterocycles. The summed E-state index contributed by atoms with van der Waals surface area (Å²) in [5.41, 5.74) is -0.292. The van der Waals surface area contributed by atoms with Crippen LogP contribution in [0.2, 0.25) is 0 Å². The molecule has 0 unspecified atom stereocenters. The van der Waals surface area contributed by atoms with Gasteiger partial charge in [-0.25, -0.2) is 4.79 Å². The van der Waals surface area contributed by atoms with Crippen LogP contribution in [0.4, 0.5) is 0 Å². The topological polar surface area (TPSA) is 89.9 Å². The van der Waals surface area contributed by atoms with Gasteiger partial charge < -0.3 is 14.6 Å². The first-order valence-corrected chi connectivity index (χ1v) is 10.2. The molecule has 0 spiro atoms. The number of allylic oxidation sites excluding steroid dienone is 1. The third-order valence-electron chi connectivity index (χ3n) is 8.05. The zero-order valence-electron chi connectivity index (χ0n) is 17.5. The Kier molecular flexibility index (Phi) is 5.47. The highest BCUT2D eigenvalue weighted by Crippen LogP contribution is 2.64. The molecule has 0 aliphatic heterocycles. The summed E-state index contributed by atoms with van der Waals surface area (Å²) in [6.07, 6.45) is 4.13. The molecular weight excluding hydrogens is 360 g/mol. The summed E-state index contributed by atoms with van der Waals surface area (Å²) in [6.45, 7) is 5.93. The quantitative estimate of drug-likeness (QED) is 0.574. The zero-order chi connectivity index (χ0) is 20.9. The first-order valence-electron chi connectivity index (χ1n) is 10.2. The molecular formula is C22H32O6. The van der Waals surface area contributed by atoms with E-state index in [9.17, 15) is 19.5 Å². The normalized spacial score (nSPS) is 44.4. The van der Waals surface area contributed by atoms with Crippen LogP contribution >= 0.6 is 0 Å². The second kappa shape index (κ2) is 7.29. The Morgan fingerprint density at radius 2 is 1.86 bits per heavy atom. The molecule has 0 saturated heterocycles. The standard InChI is InChI=1S/C22H32O6/c1-12-13(11-15(23)27-4)7-8-14-16(12)17(24)18(25)19-21(14,2)9-6-10-22(19,3)20(26)28-5/h11-12,14,16,18-19,25H,6-10H2,1-5H3/b13-11+/t12-,14-,16-,18-,19+,21+,22-/m0/s1. The van der Waals surface area contributed by atoms with Crippen molar-refractivity contribution in [1.29, 1.82) is 0 Å². The van der Waals surface area contributed by atoms with E-state index in [1.54, 1.807) is 0 Å². The van der Waals surface area contributed by atoms with Gasteiger partial charge in [0.05, 0.1) is 19.6 Å². The van der Waals surface area contributed by atoms with Gasteiger partial charge in [-0.2, -0.15) is 0 Å². The predicted molar refractivity (Wildman–Crippen MR) is 102 cm³/mol. The molecule has 0 bridgehead atoms. The molecule has 3 aliphatic carbocycles. The molecule has 6 heteroatoms. The van der Waals surface area contributed by atoms with E-state index in [0.717, 1.165) is 31.3 Å². The van der Waals surface area contributed by atoms with E-state index in [0.29, 0.717) is 6.42 Å². The maximum atomic E-state index is 13.3. The summed E-state index contributed by atoms with van der Waals surface area (Å²) in [5, 5.41) is 11.1. The number of aliphatic hydroxyl groups is 1. The maximum Gasteiger partial charge on any atom is 0.330 e. The van der Waals surface area contributed by atoms with Crippen LogP contribution in [0.3, 0.4) is 0 Å². The van der Waals surface area contributed by atoms with E-state index < -0.39 is 23.4 Å². The van der Waals surface area contributed by atoms with Crippen LogP contribution in [-0.2, 0) is 23.9 Å². The van der Waals surface area contributed by atoms with Crippen LogP contribution < -0.4 is 0 Å². The van der Waals surface area contributed by atoms with Gasteiger partial charge >= 0.3 is 11.9 Å². The Morgan fingerprint density at radius 1 is 1.18 bits per heavy atom. The van der Waals surface area contributed by atoms with Gasteiger partial charge in [0.25, 0.3) is 0 Å². The number of Topliss-reactive ketones (excluding diaryl/α,β-unsaturated/α-hetero) is 1. The van der Waals surface area contributed by atoms with Crippen LogP contribution in [0.25, 0.3) is 0 Å². The average molecular weight is 392 g/mol. The minimum absolute atomic E-state index is 0.0717. The molecule has 0 radical (unpaired) electrons. The first-order chi connectivity index (χ1) is 13.1. The lowest BCUT2D eigenvalue weighted by molar-refractivity contribution is -0.198. The Hall–Kier alpha value is -1.69. The van der Waals surface area contributed by atoms with E-state index in [-0.39, 0.29) is 34.9 Å². The number of rotatable bonds is 2. The van der Waals surface area contributed by atoms with Gasteiger partial charge in [0.1, 0.15) is 6.10 Å². The molecule has 3 fully saturated rings. The van der Waals surface area contributed by atoms with Crippen LogP contribution in [0, 0.1) is 34.5 Å². The average Bonchev–Trinajstić information content (AvgIpc) is 2.66. The molecule has 6 nitrogen and oxygen atoms in total. The van der Waals surface area contributed by atoms with E-state index >= 15 is 0 Å². The van der Waals surface area contributed by atoms with Crippen molar-refractivity contribution in [3.63, 3.8) is 0 Å². The number of carbonyl (C=O) groups is 3. The number of hydrogen-bond acceptors (Lipinski definition) is 6. The zero-order valence-corrected chi connectivity index (χ0v) is 17.5.